The van der Waals surface area contributed by atoms with E-state index in [-0.39, 0.29) is 78.4 Å². The molecule has 0 aliphatic carbocycles. The Bertz CT molecular complexity index is 1520. The maximum atomic E-state index is 14.4. The van der Waals surface area contributed by atoms with E-state index in [1.54, 1.807) is 38.1 Å². The summed E-state index contributed by atoms with van der Waals surface area (Å²) in [6, 6.07) is 8.33. The number of carbonyl (C=O) groups excluding carboxylic acids is 5. The average molecular weight is 843 g/mol. The fraction of sp³-hybridized carbons (Fsp3) is 0.766. The van der Waals surface area contributed by atoms with E-state index in [0.717, 1.165) is 18.4 Å². The Hall–Kier alpha value is -3.39. The van der Waals surface area contributed by atoms with Crippen LogP contribution in [0.4, 0.5) is 4.79 Å². The minimum Gasteiger partial charge on any atom is -0.441 e. The third-order valence-electron chi connectivity index (χ3n) is 13.3. The first-order valence-electron chi connectivity index (χ1n) is 22.4. The van der Waals surface area contributed by atoms with Crippen LogP contribution < -0.4 is 5.32 Å². The number of nitrogens with one attached hydrogen (secondary N) is 1. The number of methoxy groups -OCH3 is 2. The minimum atomic E-state index is -0.664. The van der Waals surface area contributed by atoms with Crippen LogP contribution in [0.25, 0.3) is 0 Å². The quantitative estimate of drug-likeness (QED) is 0.128. The molecule has 60 heavy (non-hydrogen) atoms. The first-order chi connectivity index (χ1) is 28.4. The van der Waals surface area contributed by atoms with Crippen LogP contribution in [0.5, 0.6) is 0 Å². The lowest BCUT2D eigenvalue weighted by atomic mass is 9.84. The molecule has 1 unspecified atom stereocenters. The van der Waals surface area contributed by atoms with Gasteiger partial charge in [0.25, 0.3) is 0 Å². The predicted molar refractivity (Wildman–Crippen MR) is 233 cm³/mol. The lowest BCUT2D eigenvalue weighted by molar-refractivity contribution is -0.149. The molecule has 3 rings (SSSR count). The van der Waals surface area contributed by atoms with Crippen LogP contribution in [0.2, 0.25) is 0 Å². The number of Topliss-reactive ketones (excluding diaryl/α,β-unsaturated/α-hetero) is 2. The number of hydrogen-bond donors (Lipinski definition) is 2. The molecule has 13 nitrogen and oxygen atoms in total. The highest BCUT2D eigenvalue weighted by Crippen LogP contribution is 2.34. The molecule has 2 aliphatic heterocycles. The number of nitrogens with zero attached hydrogens (tertiary/aromatic N) is 3. The highest BCUT2D eigenvalue weighted by molar-refractivity contribution is 5.90. The third-order valence-corrected chi connectivity index (χ3v) is 13.3. The van der Waals surface area contributed by atoms with Crippen LogP contribution in [0, 0.1) is 35.5 Å². The van der Waals surface area contributed by atoms with Gasteiger partial charge in [-0.25, -0.2) is 4.79 Å². The largest absolute Gasteiger partial charge is 0.441 e. The van der Waals surface area contributed by atoms with Crippen molar-refractivity contribution >= 4 is 29.5 Å². The van der Waals surface area contributed by atoms with Crippen LogP contribution in [0.3, 0.4) is 0 Å². The molecule has 0 saturated carbocycles. The number of ketones is 2. The molecule has 2 heterocycles. The summed E-state index contributed by atoms with van der Waals surface area (Å²) in [4.78, 5) is 74.6. The van der Waals surface area contributed by atoms with Gasteiger partial charge in [-0.05, 0) is 56.0 Å². The Kier molecular flexibility index (Phi) is 20.6. The average Bonchev–Trinajstić information content (AvgIpc) is 3.71. The Balaban J connectivity index is 1.77. The van der Waals surface area contributed by atoms with Crippen molar-refractivity contribution in [3.8, 4) is 0 Å². The lowest BCUT2D eigenvalue weighted by Crippen LogP contribution is -2.54. The summed E-state index contributed by atoms with van der Waals surface area (Å²) in [6.45, 7) is 17.1. The molecular weight excluding hydrogens is 765 g/mol. The smallest absolute Gasteiger partial charge is 0.410 e. The van der Waals surface area contributed by atoms with E-state index in [1.807, 2.05) is 76.8 Å². The van der Waals surface area contributed by atoms with Gasteiger partial charge in [0.2, 0.25) is 11.8 Å². The van der Waals surface area contributed by atoms with E-state index < -0.39 is 48.4 Å². The molecule has 2 fully saturated rings. The first-order valence-corrected chi connectivity index (χ1v) is 22.4. The fourth-order valence-corrected chi connectivity index (χ4v) is 9.42. The number of likely N-dealkylation sites (tertiary alicyclic amines) is 2. The van der Waals surface area contributed by atoms with Gasteiger partial charge in [0.1, 0.15) is 11.9 Å². The van der Waals surface area contributed by atoms with Gasteiger partial charge in [0.05, 0.1) is 42.9 Å². The van der Waals surface area contributed by atoms with Crippen LogP contribution in [-0.2, 0) is 33.4 Å². The van der Waals surface area contributed by atoms with Gasteiger partial charge in [-0.3, -0.25) is 19.2 Å². The van der Waals surface area contributed by atoms with Gasteiger partial charge in [-0.2, -0.15) is 0 Å². The monoisotopic (exact) mass is 843 g/mol. The molecule has 340 valence electrons. The zero-order valence-electron chi connectivity index (χ0n) is 38.7. The van der Waals surface area contributed by atoms with E-state index in [0.29, 0.717) is 38.9 Å². The van der Waals surface area contributed by atoms with Crippen LogP contribution in [0.1, 0.15) is 118 Å². The molecule has 1 aromatic carbocycles. The van der Waals surface area contributed by atoms with Crippen LogP contribution in [0.15, 0.2) is 30.3 Å². The zero-order valence-corrected chi connectivity index (χ0v) is 38.7. The Morgan fingerprint density at radius 3 is 2.00 bits per heavy atom. The zero-order chi connectivity index (χ0) is 44.8. The Morgan fingerprint density at radius 2 is 1.47 bits per heavy atom. The van der Waals surface area contributed by atoms with Crippen molar-refractivity contribution in [2.45, 2.75) is 149 Å². The fourth-order valence-electron chi connectivity index (χ4n) is 9.42. The molecule has 0 aromatic heterocycles. The summed E-state index contributed by atoms with van der Waals surface area (Å²) in [6.07, 6.45) is 0.733. The number of benzene rings is 1. The molecule has 2 N–H and O–H groups in total. The van der Waals surface area contributed by atoms with Crippen LogP contribution in [-0.4, -0.2) is 134 Å². The van der Waals surface area contributed by atoms with Crippen molar-refractivity contribution < 1.29 is 43.3 Å². The van der Waals surface area contributed by atoms with Gasteiger partial charge in [-0.15, -0.1) is 0 Å². The van der Waals surface area contributed by atoms with Gasteiger partial charge < -0.3 is 39.3 Å². The summed E-state index contributed by atoms with van der Waals surface area (Å²) in [5.41, 5.74) is 0.796. The Labute approximate surface area is 360 Å². The molecule has 13 heteroatoms. The third kappa shape index (κ3) is 13.3. The van der Waals surface area contributed by atoms with Gasteiger partial charge in [0, 0.05) is 71.5 Å². The highest BCUT2D eigenvalue weighted by Gasteiger charge is 2.43. The van der Waals surface area contributed by atoms with E-state index in [1.165, 1.54) is 0 Å². The van der Waals surface area contributed by atoms with Gasteiger partial charge >= 0.3 is 6.09 Å². The van der Waals surface area contributed by atoms with Gasteiger partial charge in [-0.1, -0.05) is 92.1 Å². The number of rotatable bonds is 23. The van der Waals surface area contributed by atoms with Crippen molar-refractivity contribution in [3.05, 3.63) is 35.9 Å². The number of likely N-dealkylation sites (N-methyl/N-ethyl adjacent to an activating group) is 2. The second-order valence-corrected chi connectivity index (χ2v) is 18.2. The molecule has 0 spiro atoms. The molecule has 10 atom stereocenters. The molecule has 2 saturated heterocycles. The maximum absolute atomic E-state index is 14.4. The molecule has 1 aromatic rings. The van der Waals surface area contributed by atoms with Crippen molar-refractivity contribution in [1.29, 1.82) is 0 Å². The van der Waals surface area contributed by atoms with Crippen molar-refractivity contribution in [2.75, 3.05) is 47.9 Å². The highest BCUT2D eigenvalue weighted by atomic mass is 16.6. The summed E-state index contributed by atoms with van der Waals surface area (Å²) in [5, 5.41) is 13.1. The molecule has 2 aliphatic rings. The van der Waals surface area contributed by atoms with E-state index in [2.05, 4.69) is 19.2 Å². The van der Waals surface area contributed by atoms with Crippen molar-refractivity contribution in [2.24, 2.45) is 35.5 Å². The topological polar surface area (TPSA) is 155 Å². The maximum Gasteiger partial charge on any atom is 0.410 e. The molecule has 0 bridgehead atoms. The number of amides is 3. The SMILES string of the molecule is CC[C@H](C)[C@@H](C(CC(=O)N1CCC[C@H]1[C@H](OC)[C@@H](C)C(=O)C[C@H](C)[C@@H](OC(=O)N1CCC(O)CC1)c1ccccc1)OC)N(C)C(=O)[C@@H](CC(=O)[C@@H](NC)C(C)C)C(C)C. The van der Waals surface area contributed by atoms with E-state index >= 15 is 0 Å². The first kappa shape index (κ1) is 51.0. The number of aliphatic hydroxyl groups is 1. The molecular formula is C47H78N4O9. The van der Waals surface area contributed by atoms with Crippen molar-refractivity contribution in [3.63, 3.8) is 0 Å². The summed E-state index contributed by atoms with van der Waals surface area (Å²) >= 11 is 0. The molecule has 3 amide bonds. The standard InChI is InChI=1S/C47H78N4O9/c1-13-31(6)43(49(10)46(56)36(29(2)3)27-39(54)42(48-9)30(4)5)40(58-11)28-41(55)51-23-17-20-37(51)45(59-12)33(8)38(53)26-32(7)44(34-18-15-14-16-19-34)60-47(57)50-24-21-35(52)22-25-50/h14-16,18-19,29-33,35-37,40,42-45,48,52H,13,17,20-28H2,1-12H3/t31-,32-,33-,36-,37-,40?,42-,43-,44+,45+/m0/s1. The van der Waals surface area contributed by atoms with Gasteiger partial charge in [0.15, 0.2) is 5.78 Å². The van der Waals surface area contributed by atoms with E-state index in [4.69, 9.17) is 14.2 Å². The number of ether oxygens (including phenoxy) is 3. The number of hydrogen-bond acceptors (Lipinski definition) is 10. The van der Waals surface area contributed by atoms with E-state index in [9.17, 15) is 29.1 Å². The lowest BCUT2D eigenvalue weighted by Gasteiger charge is -2.41. The second kappa shape index (κ2) is 24.3. The Morgan fingerprint density at radius 1 is 0.833 bits per heavy atom. The van der Waals surface area contributed by atoms with Crippen molar-refractivity contribution in [1.82, 2.24) is 20.0 Å². The number of piperidine rings is 1. The molecule has 0 radical (unpaired) electrons. The normalized spacial score (nSPS) is 20.8. The summed E-state index contributed by atoms with van der Waals surface area (Å²) in [7, 11) is 6.69. The second-order valence-electron chi connectivity index (χ2n) is 18.2. The minimum absolute atomic E-state index is 0.00611. The van der Waals surface area contributed by atoms with Crippen LogP contribution >= 0.6 is 0 Å². The summed E-state index contributed by atoms with van der Waals surface area (Å²) in [5.74, 6) is -1.73. The number of aliphatic hydroxyl groups excluding tert-OH is 1. The number of carbonyl (C=O) groups is 5. The predicted octanol–water partition coefficient (Wildman–Crippen LogP) is 6.31. The summed E-state index contributed by atoms with van der Waals surface area (Å²) < 4.78 is 18.2.